The van der Waals surface area contributed by atoms with Crippen LogP contribution >= 0.6 is 0 Å². The van der Waals surface area contributed by atoms with E-state index >= 15 is 0 Å². The molecule has 1 amide bonds. The van der Waals surface area contributed by atoms with Crippen LogP contribution in [0, 0.1) is 0 Å². The molecule has 2 rings (SSSR count). The van der Waals surface area contributed by atoms with Gasteiger partial charge in [-0.3, -0.25) is 4.79 Å². The SMILES string of the molecule is CN1CCN(C(=O)c2cccc(S(C)(=O)=O)c2)C(CN)C1. The molecule has 0 aliphatic carbocycles. The van der Waals surface area contributed by atoms with Crippen LogP contribution in [0.15, 0.2) is 29.2 Å². The highest BCUT2D eigenvalue weighted by molar-refractivity contribution is 7.90. The van der Waals surface area contributed by atoms with E-state index in [2.05, 4.69) is 4.90 Å². The second-order valence-electron chi connectivity index (χ2n) is 5.45. The van der Waals surface area contributed by atoms with Crippen molar-refractivity contribution in [2.45, 2.75) is 10.9 Å². The van der Waals surface area contributed by atoms with E-state index in [0.29, 0.717) is 18.7 Å². The molecule has 1 unspecified atom stereocenters. The standard InChI is InChI=1S/C14H21N3O3S/c1-16-6-7-17(12(9-15)10-16)14(18)11-4-3-5-13(8-11)21(2,19)20/h3-5,8,12H,6-7,9-10,15H2,1-2H3. The van der Waals surface area contributed by atoms with Crippen LogP contribution in [-0.2, 0) is 9.84 Å². The van der Waals surface area contributed by atoms with E-state index in [1.807, 2.05) is 7.05 Å². The van der Waals surface area contributed by atoms with Gasteiger partial charge >= 0.3 is 0 Å². The molecule has 0 saturated carbocycles. The van der Waals surface area contributed by atoms with Crippen molar-refractivity contribution in [3.8, 4) is 0 Å². The van der Waals surface area contributed by atoms with Gasteiger partial charge in [0.2, 0.25) is 0 Å². The maximum atomic E-state index is 12.6. The van der Waals surface area contributed by atoms with E-state index in [9.17, 15) is 13.2 Å². The van der Waals surface area contributed by atoms with Crippen LogP contribution in [0.4, 0.5) is 0 Å². The van der Waals surface area contributed by atoms with Gasteiger partial charge in [0.05, 0.1) is 10.9 Å². The number of carbonyl (C=O) groups is 1. The van der Waals surface area contributed by atoms with Crippen LogP contribution in [0.5, 0.6) is 0 Å². The average Bonchev–Trinajstić information content (AvgIpc) is 2.45. The number of nitrogens with zero attached hydrogens (tertiary/aromatic N) is 2. The third-order valence-corrected chi connectivity index (χ3v) is 4.84. The summed E-state index contributed by atoms with van der Waals surface area (Å²) >= 11 is 0. The number of piperazine rings is 1. The van der Waals surface area contributed by atoms with Crippen LogP contribution in [0.25, 0.3) is 0 Å². The molecule has 0 spiro atoms. The van der Waals surface area contributed by atoms with Crippen molar-refractivity contribution < 1.29 is 13.2 Å². The molecule has 6 nitrogen and oxygen atoms in total. The summed E-state index contributed by atoms with van der Waals surface area (Å²) < 4.78 is 23.2. The monoisotopic (exact) mass is 311 g/mol. The zero-order valence-corrected chi connectivity index (χ0v) is 13.1. The number of carbonyl (C=O) groups excluding carboxylic acids is 1. The fourth-order valence-electron chi connectivity index (χ4n) is 2.51. The van der Waals surface area contributed by atoms with Crippen molar-refractivity contribution in [3.05, 3.63) is 29.8 Å². The number of benzene rings is 1. The molecule has 1 saturated heterocycles. The molecular formula is C14H21N3O3S. The summed E-state index contributed by atoms with van der Waals surface area (Å²) in [6.45, 7) is 2.50. The molecular weight excluding hydrogens is 290 g/mol. The van der Waals surface area contributed by atoms with Crippen molar-refractivity contribution in [2.24, 2.45) is 5.73 Å². The summed E-state index contributed by atoms with van der Waals surface area (Å²) in [6, 6.07) is 6.12. The molecule has 1 aliphatic rings. The van der Waals surface area contributed by atoms with Crippen LogP contribution in [0.2, 0.25) is 0 Å². The Morgan fingerprint density at radius 3 is 2.71 bits per heavy atom. The average molecular weight is 311 g/mol. The van der Waals surface area contributed by atoms with Crippen LogP contribution in [0.3, 0.4) is 0 Å². The van der Waals surface area contributed by atoms with Gasteiger partial charge in [-0.2, -0.15) is 0 Å². The van der Waals surface area contributed by atoms with Crippen molar-refractivity contribution in [1.29, 1.82) is 0 Å². The Balaban J connectivity index is 2.27. The molecule has 1 aromatic carbocycles. The fraction of sp³-hybridized carbons (Fsp3) is 0.500. The minimum Gasteiger partial charge on any atom is -0.332 e. The first-order valence-corrected chi connectivity index (χ1v) is 8.72. The van der Waals surface area contributed by atoms with Gasteiger partial charge in [-0.15, -0.1) is 0 Å². The minimum atomic E-state index is -3.32. The molecule has 1 aromatic rings. The molecule has 0 bridgehead atoms. The summed E-state index contributed by atoms with van der Waals surface area (Å²) in [7, 11) is -1.33. The van der Waals surface area contributed by atoms with Gasteiger partial charge in [-0.1, -0.05) is 6.07 Å². The third-order valence-electron chi connectivity index (χ3n) is 3.73. The molecule has 2 N–H and O–H groups in total. The van der Waals surface area contributed by atoms with Gasteiger partial charge < -0.3 is 15.5 Å². The second-order valence-corrected chi connectivity index (χ2v) is 7.47. The number of sulfone groups is 1. The van der Waals surface area contributed by atoms with Gasteiger partial charge in [0.15, 0.2) is 9.84 Å². The second kappa shape index (κ2) is 6.13. The maximum absolute atomic E-state index is 12.6. The van der Waals surface area contributed by atoms with Gasteiger partial charge in [-0.05, 0) is 25.2 Å². The summed E-state index contributed by atoms with van der Waals surface area (Å²) in [5.74, 6) is -0.163. The quantitative estimate of drug-likeness (QED) is 0.836. The molecule has 1 fully saturated rings. The predicted octanol–water partition coefficient (Wildman–Crippen LogP) is -0.195. The van der Waals surface area contributed by atoms with E-state index in [-0.39, 0.29) is 16.8 Å². The van der Waals surface area contributed by atoms with Crippen LogP contribution < -0.4 is 5.73 Å². The fourth-order valence-corrected chi connectivity index (χ4v) is 3.17. The lowest BCUT2D eigenvalue weighted by Gasteiger charge is -2.39. The highest BCUT2D eigenvalue weighted by Crippen LogP contribution is 2.16. The summed E-state index contributed by atoms with van der Waals surface area (Å²) in [6.07, 6.45) is 1.13. The van der Waals surface area contributed by atoms with Crippen LogP contribution in [-0.4, -0.2) is 69.6 Å². The summed E-state index contributed by atoms with van der Waals surface area (Å²) in [5, 5.41) is 0. The molecule has 21 heavy (non-hydrogen) atoms. The van der Waals surface area contributed by atoms with Crippen molar-refractivity contribution >= 4 is 15.7 Å². The first-order valence-electron chi connectivity index (χ1n) is 6.82. The Kier molecular flexibility index (Phi) is 4.65. The topological polar surface area (TPSA) is 83.7 Å². The van der Waals surface area contributed by atoms with Crippen LogP contribution in [0.1, 0.15) is 10.4 Å². The number of amides is 1. The Bertz CT molecular complexity index is 630. The highest BCUT2D eigenvalue weighted by Gasteiger charge is 2.29. The predicted molar refractivity (Wildman–Crippen MR) is 80.9 cm³/mol. The molecule has 0 aromatic heterocycles. The van der Waals surface area contributed by atoms with Gasteiger partial charge in [-0.25, -0.2) is 8.42 Å². The normalized spacial score (nSPS) is 20.5. The molecule has 7 heteroatoms. The zero-order chi connectivity index (χ0) is 15.6. The minimum absolute atomic E-state index is 0.0434. The molecule has 0 radical (unpaired) electrons. The van der Waals surface area contributed by atoms with Crippen molar-refractivity contribution in [1.82, 2.24) is 9.80 Å². The summed E-state index contributed by atoms with van der Waals surface area (Å²) in [5.41, 5.74) is 6.14. The van der Waals surface area contributed by atoms with E-state index in [1.165, 1.54) is 12.1 Å². The van der Waals surface area contributed by atoms with E-state index in [1.54, 1.807) is 17.0 Å². The van der Waals surface area contributed by atoms with Crippen molar-refractivity contribution in [2.75, 3.05) is 39.5 Å². The van der Waals surface area contributed by atoms with E-state index < -0.39 is 9.84 Å². The lowest BCUT2D eigenvalue weighted by molar-refractivity contribution is 0.0515. The Morgan fingerprint density at radius 2 is 2.10 bits per heavy atom. The lowest BCUT2D eigenvalue weighted by Crippen LogP contribution is -2.56. The number of nitrogens with two attached hydrogens (primary N) is 1. The van der Waals surface area contributed by atoms with Gasteiger partial charge in [0.25, 0.3) is 5.91 Å². The summed E-state index contributed by atoms with van der Waals surface area (Å²) in [4.78, 5) is 16.6. The van der Waals surface area contributed by atoms with Gasteiger partial charge in [0, 0.05) is 38.0 Å². The highest BCUT2D eigenvalue weighted by atomic mass is 32.2. The maximum Gasteiger partial charge on any atom is 0.254 e. The number of rotatable bonds is 3. The Hall–Kier alpha value is -1.44. The zero-order valence-electron chi connectivity index (χ0n) is 12.3. The van der Waals surface area contributed by atoms with Crippen molar-refractivity contribution in [3.63, 3.8) is 0 Å². The number of likely N-dealkylation sites (N-methyl/N-ethyl adjacent to an activating group) is 1. The van der Waals surface area contributed by atoms with E-state index in [0.717, 1.165) is 19.3 Å². The Labute approximate surface area is 125 Å². The first-order chi connectivity index (χ1) is 9.82. The molecule has 1 aliphatic heterocycles. The third kappa shape index (κ3) is 3.61. The lowest BCUT2D eigenvalue weighted by atomic mass is 10.1. The van der Waals surface area contributed by atoms with E-state index in [4.69, 9.17) is 5.73 Å². The molecule has 1 atom stereocenters. The largest absolute Gasteiger partial charge is 0.332 e. The molecule has 116 valence electrons. The number of hydrogen-bond acceptors (Lipinski definition) is 5. The smallest absolute Gasteiger partial charge is 0.254 e. The van der Waals surface area contributed by atoms with Gasteiger partial charge in [0.1, 0.15) is 0 Å². The number of hydrogen-bond donors (Lipinski definition) is 1. The Morgan fingerprint density at radius 1 is 1.38 bits per heavy atom. The molecule has 1 heterocycles. The first kappa shape index (κ1) is 15.9.